The van der Waals surface area contributed by atoms with Crippen LogP contribution >= 0.6 is 0 Å². The average Bonchev–Trinajstić information content (AvgIpc) is 3.42. The number of benzene rings is 3. The summed E-state index contributed by atoms with van der Waals surface area (Å²) in [7, 11) is 1.68. The lowest BCUT2D eigenvalue weighted by atomic mass is 10.0. The fraction of sp³-hybridized carbons (Fsp3) is 0.267. The molecular formula is C30H30FN7O2. The third-order valence-electron chi connectivity index (χ3n) is 7.48. The van der Waals surface area contributed by atoms with Crippen LogP contribution in [0, 0.1) is 12.7 Å². The molecule has 0 amide bonds. The monoisotopic (exact) mass is 539 g/mol. The van der Waals surface area contributed by atoms with E-state index in [0.29, 0.717) is 31.0 Å². The molecule has 0 saturated carbocycles. The minimum absolute atomic E-state index is 0.176. The van der Waals surface area contributed by atoms with Crippen molar-refractivity contribution in [2.45, 2.75) is 19.5 Å². The average molecular weight is 540 g/mol. The smallest absolute Gasteiger partial charge is 0.253 e. The van der Waals surface area contributed by atoms with Crippen molar-refractivity contribution < 1.29 is 9.13 Å². The first-order valence-electron chi connectivity index (χ1n) is 13.3. The van der Waals surface area contributed by atoms with E-state index in [9.17, 15) is 9.18 Å². The summed E-state index contributed by atoms with van der Waals surface area (Å²) in [5.74, 6) is 1.09. The number of nitrogens with zero attached hydrogens (tertiary/aromatic N) is 6. The Morgan fingerprint density at radius 1 is 1.00 bits per heavy atom. The molecule has 1 saturated heterocycles. The second-order valence-electron chi connectivity index (χ2n) is 10.1. The van der Waals surface area contributed by atoms with Crippen molar-refractivity contribution in [3.63, 3.8) is 0 Å². The summed E-state index contributed by atoms with van der Waals surface area (Å²) >= 11 is 0. The molecule has 10 heteroatoms. The van der Waals surface area contributed by atoms with E-state index >= 15 is 0 Å². The molecule has 0 unspecified atom stereocenters. The number of halogens is 1. The normalized spacial score (nSPS) is 14.9. The fourth-order valence-electron chi connectivity index (χ4n) is 5.44. The molecule has 0 bridgehead atoms. The molecular weight excluding hydrogens is 509 g/mol. The van der Waals surface area contributed by atoms with Gasteiger partial charge in [-0.15, -0.1) is 5.10 Å². The maximum atomic E-state index is 13.5. The fourth-order valence-corrected chi connectivity index (χ4v) is 5.44. The highest BCUT2D eigenvalue weighted by Crippen LogP contribution is 2.32. The van der Waals surface area contributed by atoms with Crippen molar-refractivity contribution in [1.82, 2.24) is 30.1 Å². The number of pyridine rings is 1. The van der Waals surface area contributed by atoms with Crippen LogP contribution in [0.1, 0.15) is 28.6 Å². The third kappa shape index (κ3) is 5.05. The molecule has 9 nitrogen and oxygen atoms in total. The van der Waals surface area contributed by atoms with Crippen LogP contribution in [0.3, 0.4) is 0 Å². The van der Waals surface area contributed by atoms with Crippen molar-refractivity contribution >= 4 is 16.6 Å². The third-order valence-corrected chi connectivity index (χ3v) is 7.48. The second-order valence-corrected chi connectivity index (χ2v) is 10.1. The molecule has 0 aliphatic carbocycles. The number of rotatable bonds is 7. The first-order chi connectivity index (χ1) is 19.5. The molecule has 1 aliphatic heterocycles. The van der Waals surface area contributed by atoms with Gasteiger partial charge in [-0.3, -0.25) is 9.69 Å². The Balaban J connectivity index is 1.38. The number of aromatic nitrogens is 5. The van der Waals surface area contributed by atoms with Crippen LogP contribution in [-0.4, -0.2) is 63.4 Å². The van der Waals surface area contributed by atoms with Crippen molar-refractivity contribution in [2.75, 3.05) is 38.2 Å². The Bertz CT molecular complexity index is 1690. The zero-order valence-corrected chi connectivity index (χ0v) is 22.4. The molecule has 1 fully saturated rings. The van der Waals surface area contributed by atoms with Crippen LogP contribution in [0.2, 0.25) is 0 Å². The highest BCUT2D eigenvalue weighted by molar-refractivity contribution is 5.79. The lowest BCUT2D eigenvalue weighted by Crippen LogP contribution is -2.49. The number of methoxy groups -OCH3 is 1. The van der Waals surface area contributed by atoms with Gasteiger partial charge in [0.15, 0.2) is 5.82 Å². The highest BCUT2D eigenvalue weighted by Gasteiger charge is 2.33. The number of para-hydroxylation sites is 2. The highest BCUT2D eigenvalue weighted by atomic mass is 19.1. The van der Waals surface area contributed by atoms with Crippen LogP contribution < -0.4 is 15.2 Å². The van der Waals surface area contributed by atoms with E-state index in [2.05, 4.69) is 42.4 Å². The summed E-state index contributed by atoms with van der Waals surface area (Å²) < 4.78 is 20.8. The first kappa shape index (κ1) is 25.7. The number of piperazine rings is 1. The molecule has 0 radical (unpaired) electrons. The summed E-state index contributed by atoms with van der Waals surface area (Å²) in [6.45, 7) is 5.21. The van der Waals surface area contributed by atoms with Gasteiger partial charge in [0.25, 0.3) is 5.56 Å². The number of anilines is 1. The van der Waals surface area contributed by atoms with Crippen molar-refractivity contribution in [3.8, 4) is 5.75 Å². The van der Waals surface area contributed by atoms with Gasteiger partial charge in [0, 0.05) is 37.3 Å². The largest absolute Gasteiger partial charge is 0.495 e. The number of H-pyrrole nitrogens is 1. The molecule has 3 heterocycles. The molecule has 3 aromatic carbocycles. The molecule has 0 spiro atoms. The maximum Gasteiger partial charge on any atom is 0.253 e. The van der Waals surface area contributed by atoms with Gasteiger partial charge < -0.3 is 14.6 Å². The minimum Gasteiger partial charge on any atom is -0.495 e. The van der Waals surface area contributed by atoms with Crippen LogP contribution in [-0.2, 0) is 6.54 Å². The molecule has 1 N–H and O–H groups in total. The van der Waals surface area contributed by atoms with Crippen molar-refractivity contribution in [3.05, 3.63) is 111 Å². The Morgan fingerprint density at radius 2 is 1.77 bits per heavy atom. The van der Waals surface area contributed by atoms with Crippen LogP contribution in [0.15, 0.2) is 77.6 Å². The van der Waals surface area contributed by atoms with Gasteiger partial charge >= 0.3 is 0 Å². The lowest BCUT2D eigenvalue weighted by Gasteiger charge is -2.40. The van der Waals surface area contributed by atoms with Gasteiger partial charge in [-0.05, 0) is 70.8 Å². The maximum absolute atomic E-state index is 13.5. The van der Waals surface area contributed by atoms with E-state index in [1.807, 2.05) is 43.3 Å². The van der Waals surface area contributed by atoms with Gasteiger partial charge in [-0.25, -0.2) is 9.07 Å². The molecule has 1 atom stereocenters. The minimum atomic E-state index is -0.482. The molecule has 2 aromatic heterocycles. The number of hydrogen-bond acceptors (Lipinski definition) is 7. The van der Waals surface area contributed by atoms with Crippen LogP contribution in [0.25, 0.3) is 10.9 Å². The van der Waals surface area contributed by atoms with E-state index in [-0.39, 0.29) is 11.4 Å². The predicted octanol–water partition coefficient (Wildman–Crippen LogP) is 3.93. The zero-order valence-electron chi connectivity index (χ0n) is 22.4. The van der Waals surface area contributed by atoms with Gasteiger partial charge in [0.05, 0.1) is 19.3 Å². The van der Waals surface area contributed by atoms with Crippen LogP contribution in [0.5, 0.6) is 5.75 Å². The quantitative estimate of drug-likeness (QED) is 0.335. The van der Waals surface area contributed by atoms with Gasteiger partial charge in [0.2, 0.25) is 0 Å². The number of fused-ring (bicyclic) bond motifs is 1. The lowest BCUT2D eigenvalue weighted by molar-refractivity contribution is 0.200. The van der Waals surface area contributed by atoms with E-state index in [4.69, 9.17) is 4.74 Å². The molecule has 5 aromatic rings. The van der Waals surface area contributed by atoms with Gasteiger partial charge in [0.1, 0.15) is 17.6 Å². The Kier molecular flexibility index (Phi) is 7.00. The van der Waals surface area contributed by atoms with Gasteiger partial charge in [-0.2, -0.15) is 0 Å². The van der Waals surface area contributed by atoms with Crippen molar-refractivity contribution in [1.29, 1.82) is 0 Å². The SMILES string of the molecule is COc1ccccc1N1CCN([C@@H](c2cc3cc(C)ccc3[nH]c2=O)c2nnnn2Cc2ccc(F)cc2)CC1. The predicted molar refractivity (Wildman–Crippen MR) is 151 cm³/mol. The van der Waals surface area contributed by atoms with E-state index < -0.39 is 6.04 Å². The zero-order chi connectivity index (χ0) is 27.6. The number of ether oxygens (including phenoxy) is 1. The number of aryl methyl sites for hydroxylation is 1. The van der Waals surface area contributed by atoms with Crippen molar-refractivity contribution in [2.24, 2.45) is 0 Å². The summed E-state index contributed by atoms with van der Waals surface area (Å²) in [5.41, 5.74) is 4.20. The molecule has 40 heavy (non-hydrogen) atoms. The van der Waals surface area contributed by atoms with Gasteiger partial charge in [-0.1, -0.05) is 35.9 Å². The molecule has 204 valence electrons. The second kappa shape index (κ2) is 10.9. The number of hydrogen-bond donors (Lipinski definition) is 1. The number of aromatic amines is 1. The summed E-state index contributed by atoms with van der Waals surface area (Å²) in [5, 5.41) is 13.6. The number of nitrogens with one attached hydrogen (secondary N) is 1. The Morgan fingerprint density at radius 3 is 2.55 bits per heavy atom. The molecule has 6 rings (SSSR count). The van der Waals surface area contributed by atoms with E-state index in [1.165, 1.54) is 12.1 Å². The molecule has 1 aliphatic rings. The Hall–Kier alpha value is -4.57. The standard InChI is InChI=1S/C30H30FN7O2/c1-20-7-12-25-22(17-20)18-24(30(39)32-25)28(29-33-34-35-38(29)19-21-8-10-23(31)11-9-21)37-15-13-36(14-16-37)26-5-3-4-6-27(26)40-2/h3-12,17-18,28H,13-16,19H2,1-2H3,(H,32,39)/t28-/m0/s1. The van der Waals surface area contributed by atoms with E-state index in [1.54, 1.807) is 23.9 Å². The topological polar surface area (TPSA) is 92.2 Å². The summed E-state index contributed by atoms with van der Waals surface area (Å²) in [4.78, 5) is 21.2. The Labute approximate surface area is 230 Å². The summed E-state index contributed by atoms with van der Waals surface area (Å²) in [6, 6.07) is 21.7. The first-order valence-corrected chi connectivity index (χ1v) is 13.3. The summed E-state index contributed by atoms with van der Waals surface area (Å²) in [6.07, 6.45) is 0. The van der Waals surface area contributed by atoms with Crippen LogP contribution in [0.4, 0.5) is 10.1 Å². The van der Waals surface area contributed by atoms with E-state index in [0.717, 1.165) is 46.6 Å². The number of tetrazole rings is 1.